The predicted octanol–water partition coefficient (Wildman–Crippen LogP) is 3.12. The molecule has 0 aliphatic heterocycles. The summed E-state index contributed by atoms with van der Waals surface area (Å²) >= 11 is 10.9. The smallest absolute Gasteiger partial charge is 0.253 e. The summed E-state index contributed by atoms with van der Waals surface area (Å²) in [5, 5.41) is 12.4. The van der Waals surface area contributed by atoms with Gasteiger partial charge in [-0.15, -0.1) is 0 Å². The zero-order chi connectivity index (χ0) is 21.9. The number of aliphatic hydroxyl groups excluding tert-OH is 1. The minimum absolute atomic E-state index is 0.0646. The molecule has 0 bridgehead atoms. The zero-order valence-electron chi connectivity index (χ0n) is 15.8. The molecule has 1 aromatic heterocycles. The molecular weight excluding hydrogens is 454 g/mol. The van der Waals surface area contributed by atoms with E-state index in [4.69, 9.17) is 23.2 Å². The van der Waals surface area contributed by atoms with E-state index in [1.165, 1.54) is 0 Å². The maximum absolute atomic E-state index is 13.3. The van der Waals surface area contributed by atoms with Gasteiger partial charge in [-0.2, -0.15) is 0 Å². The van der Waals surface area contributed by atoms with Crippen LogP contribution in [0.4, 0.5) is 4.39 Å². The number of pyridine rings is 1. The lowest BCUT2D eigenvalue weighted by Crippen LogP contribution is -2.43. The van der Waals surface area contributed by atoms with Crippen LogP contribution >= 0.6 is 23.2 Å². The van der Waals surface area contributed by atoms with E-state index in [1.807, 2.05) is 0 Å². The van der Waals surface area contributed by atoms with Crippen molar-refractivity contribution < 1.29 is 22.7 Å². The highest BCUT2D eigenvalue weighted by Gasteiger charge is 2.35. The van der Waals surface area contributed by atoms with Crippen LogP contribution in [0.2, 0.25) is 0 Å². The summed E-state index contributed by atoms with van der Waals surface area (Å²) in [6.45, 7) is -0.996. The molecular formula is C20H21Cl2FN2O4S. The third kappa shape index (κ3) is 5.69. The number of benzene rings is 1. The Morgan fingerprint density at radius 1 is 1.17 bits per heavy atom. The molecule has 1 fully saturated rings. The van der Waals surface area contributed by atoms with E-state index in [2.05, 4.69) is 10.3 Å². The Bertz CT molecular complexity index is 981. The van der Waals surface area contributed by atoms with Crippen molar-refractivity contribution in [3.63, 3.8) is 0 Å². The molecule has 0 spiro atoms. The van der Waals surface area contributed by atoms with Crippen LogP contribution in [0.25, 0.3) is 11.1 Å². The van der Waals surface area contributed by atoms with Gasteiger partial charge in [0.25, 0.3) is 5.91 Å². The minimum Gasteiger partial charge on any atom is -0.386 e. The van der Waals surface area contributed by atoms with E-state index in [0.717, 1.165) is 24.0 Å². The number of alkyl halides is 3. The van der Waals surface area contributed by atoms with Gasteiger partial charge in [-0.3, -0.25) is 9.78 Å². The summed E-state index contributed by atoms with van der Waals surface area (Å²) in [4.78, 5) is 14.4. The van der Waals surface area contributed by atoms with Crippen LogP contribution in [0.15, 0.2) is 42.6 Å². The second-order valence-electron chi connectivity index (χ2n) is 7.18. The number of carbonyl (C=O) groups excluding carboxylic acids is 1. The zero-order valence-corrected chi connectivity index (χ0v) is 18.2. The molecule has 2 N–H and O–H groups in total. The summed E-state index contributed by atoms with van der Waals surface area (Å²) in [7, 11) is -3.13. The van der Waals surface area contributed by atoms with Crippen LogP contribution in [0.1, 0.15) is 30.2 Å². The first-order chi connectivity index (χ1) is 14.2. The Hall–Kier alpha value is -1.74. The molecule has 1 saturated carbocycles. The number of aromatic nitrogens is 1. The first-order valence-corrected chi connectivity index (χ1v) is 11.9. The van der Waals surface area contributed by atoms with Gasteiger partial charge in [0.15, 0.2) is 14.7 Å². The van der Waals surface area contributed by atoms with E-state index in [9.17, 15) is 22.7 Å². The molecule has 2 aromatic rings. The lowest BCUT2D eigenvalue weighted by molar-refractivity contribution is -0.121. The number of amides is 1. The number of nitrogens with zero attached hydrogens (tertiary/aromatic N) is 1. The molecule has 2 atom stereocenters. The molecule has 1 amide bonds. The van der Waals surface area contributed by atoms with Crippen molar-refractivity contribution >= 4 is 38.9 Å². The normalized spacial score (nSPS) is 16.3. The van der Waals surface area contributed by atoms with Gasteiger partial charge in [0, 0.05) is 11.8 Å². The van der Waals surface area contributed by atoms with Crippen molar-refractivity contribution in [1.29, 1.82) is 0 Å². The van der Waals surface area contributed by atoms with Gasteiger partial charge in [0.1, 0.15) is 12.8 Å². The molecule has 6 nitrogen and oxygen atoms in total. The highest BCUT2D eigenvalue weighted by atomic mass is 35.5. The van der Waals surface area contributed by atoms with E-state index < -0.39 is 39.4 Å². The van der Waals surface area contributed by atoms with Gasteiger partial charge in [-0.25, -0.2) is 12.8 Å². The maximum atomic E-state index is 13.3. The Morgan fingerprint density at radius 2 is 1.80 bits per heavy atom. The maximum Gasteiger partial charge on any atom is 0.253 e. The summed E-state index contributed by atoms with van der Waals surface area (Å²) in [6.07, 6.45) is 1.76. The van der Waals surface area contributed by atoms with Gasteiger partial charge in [0.2, 0.25) is 0 Å². The van der Waals surface area contributed by atoms with E-state index in [-0.39, 0.29) is 11.0 Å². The molecule has 30 heavy (non-hydrogen) atoms. The molecule has 0 radical (unpaired) electrons. The van der Waals surface area contributed by atoms with Crippen LogP contribution in [0, 0.1) is 0 Å². The van der Waals surface area contributed by atoms with Gasteiger partial charge in [-0.05, 0) is 30.0 Å². The standard InChI is InChI=1S/C20H21Cl2FN2O4S/c21-19(22)20(27)25-17(9-23)18(26)13-3-1-12(2-4-13)14-5-6-15(24-10-14)11-30(28,29)16-7-8-16/h1-6,10,16-19,26H,7-9,11H2,(H,25,27)/t17-,18-/m1/s1. The molecule has 162 valence electrons. The van der Waals surface area contributed by atoms with Crippen molar-refractivity contribution in [2.75, 3.05) is 6.67 Å². The minimum atomic E-state index is -3.13. The van der Waals surface area contributed by atoms with E-state index in [1.54, 1.807) is 42.6 Å². The first-order valence-electron chi connectivity index (χ1n) is 9.30. The first kappa shape index (κ1) is 22.9. The number of halogens is 3. The second kappa shape index (κ2) is 9.60. The number of hydrogen-bond acceptors (Lipinski definition) is 5. The fourth-order valence-electron chi connectivity index (χ4n) is 2.98. The molecule has 0 saturated heterocycles. The van der Waals surface area contributed by atoms with E-state index >= 15 is 0 Å². The van der Waals surface area contributed by atoms with Gasteiger partial charge >= 0.3 is 0 Å². The lowest BCUT2D eigenvalue weighted by atomic mass is 9.99. The van der Waals surface area contributed by atoms with Crippen molar-refractivity contribution in [1.82, 2.24) is 10.3 Å². The number of nitrogens with one attached hydrogen (secondary N) is 1. The Morgan fingerprint density at radius 3 is 2.30 bits per heavy atom. The fourth-order valence-corrected chi connectivity index (χ4v) is 4.78. The number of sulfone groups is 1. The molecule has 3 rings (SSSR count). The van der Waals surface area contributed by atoms with Gasteiger partial charge in [0.05, 0.1) is 22.7 Å². The molecule has 1 heterocycles. The van der Waals surface area contributed by atoms with E-state index in [0.29, 0.717) is 11.3 Å². The highest BCUT2D eigenvalue weighted by Crippen LogP contribution is 2.31. The largest absolute Gasteiger partial charge is 0.386 e. The van der Waals surface area contributed by atoms with Crippen LogP contribution in [0.3, 0.4) is 0 Å². The molecule has 0 unspecified atom stereocenters. The Balaban J connectivity index is 1.68. The molecule has 1 aliphatic rings. The predicted molar refractivity (Wildman–Crippen MR) is 114 cm³/mol. The summed E-state index contributed by atoms with van der Waals surface area (Å²) < 4.78 is 37.4. The van der Waals surface area contributed by atoms with Crippen LogP contribution in [0.5, 0.6) is 0 Å². The number of hydrogen-bond donors (Lipinski definition) is 2. The topological polar surface area (TPSA) is 96.4 Å². The summed E-state index contributed by atoms with van der Waals surface area (Å²) in [6, 6.07) is 8.94. The second-order valence-corrected chi connectivity index (χ2v) is 10.6. The lowest BCUT2D eigenvalue weighted by Gasteiger charge is -2.22. The number of aliphatic hydroxyl groups is 1. The van der Waals surface area contributed by atoms with Crippen molar-refractivity contribution in [2.45, 2.75) is 40.8 Å². The average molecular weight is 475 g/mol. The van der Waals surface area contributed by atoms with Gasteiger partial charge in [-0.1, -0.05) is 53.5 Å². The Kier molecular flexibility index (Phi) is 7.34. The number of rotatable bonds is 9. The van der Waals surface area contributed by atoms with Crippen LogP contribution < -0.4 is 5.32 Å². The SMILES string of the molecule is O=C(N[C@H](CF)[C@H](O)c1ccc(-c2ccc(CS(=O)(=O)C3CC3)nc2)cc1)C(Cl)Cl. The molecule has 1 aromatic carbocycles. The third-order valence-electron chi connectivity index (χ3n) is 4.86. The van der Waals surface area contributed by atoms with Crippen LogP contribution in [-0.4, -0.2) is 47.2 Å². The highest BCUT2D eigenvalue weighted by molar-refractivity contribution is 7.91. The summed E-state index contributed by atoms with van der Waals surface area (Å²) in [5.74, 6) is -0.850. The third-order valence-corrected chi connectivity index (χ3v) is 7.45. The quantitative estimate of drug-likeness (QED) is 0.544. The summed E-state index contributed by atoms with van der Waals surface area (Å²) in [5.41, 5.74) is 2.46. The van der Waals surface area contributed by atoms with Gasteiger partial charge < -0.3 is 10.4 Å². The Labute approximate surface area is 184 Å². The monoisotopic (exact) mass is 474 g/mol. The van der Waals surface area contributed by atoms with Crippen molar-refractivity contribution in [3.05, 3.63) is 53.9 Å². The average Bonchev–Trinajstić information content (AvgIpc) is 3.58. The molecule has 10 heteroatoms. The van der Waals surface area contributed by atoms with Crippen LogP contribution in [-0.2, 0) is 20.4 Å². The number of carbonyl (C=O) groups is 1. The van der Waals surface area contributed by atoms with Crippen molar-refractivity contribution in [3.8, 4) is 11.1 Å². The van der Waals surface area contributed by atoms with Crippen molar-refractivity contribution in [2.24, 2.45) is 0 Å². The fraction of sp³-hybridized carbons (Fsp3) is 0.400. The molecule has 1 aliphatic carbocycles.